The Hall–Kier alpha value is -2.80. The van der Waals surface area contributed by atoms with Crippen LogP contribution in [0.25, 0.3) is 39.0 Å². The lowest BCUT2D eigenvalue weighted by Gasteiger charge is -2.11. The molecule has 1 heteroatoms. The molecule has 0 atom stereocenters. The lowest BCUT2D eigenvalue weighted by molar-refractivity contribution is 1.01. The molecule has 3 aromatic carbocycles. The van der Waals surface area contributed by atoms with Crippen molar-refractivity contribution in [2.75, 3.05) is 0 Å². The molecule has 0 aliphatic heterocycles. The van der Waals surface area contributed by atoms with E-state index in [-0.39, 0.29) is 0 Å². The summed E-state index contributed by atoms with van der Waals surface area (Å²) in [6.07, 6.45) is 3.43. The molecule has 5 rings (SSSR count). The summed E-state index contributed by atoms with van der Waals surface area (Å²) >= 11 is 0. The van der Waals surface area contributed by atoms with Crippen LogP contribution in [-0.4, -0.2) is 4.57 Å². The van der Waals surface area contributed by atoms with E-state index in [0.717, 1.165) is 6.42 Å². The summed E-state index contributed by atoms with van der Waals surface area (Å²) in [6, 6.07) is 22.1. The maximum Gasteiger partial charge on any atom is 0.0568 e. The maximum absolute atomic E-state index is 2.35. The van der Waals surface area contributed by atoms with E-state index >= 15 is 0 Å². The summed E-state index contributed by atoms with van der Waals surface area (Å²) in [5.41, 5.74) is 9.58. The first-order valence-electron chi connectivity index (χ1n) is 8.49. The van der Waals surface area contributed by atoms with E-state index in [1.54, 1.807) is 0 Å². The molecular weight excluding hydrogens is 290 g/mol. The van der Waals surface area contributed by atoms with Gasteiger partial charge in [0.15, 0.2) is 0 Å². The average molecular weight is 309 g/mol. The van der Waals surface area contributed by atoms with Crippen molar-refractivity contribution in [2.45, 2.75) is 13.3 Å². The molecule has 0 radical (unpaired) electrons. The van der Waals surface area contributed by atoms with Crippen molar-refractivity contribution in [3.63, 3.8) is 0 Å². The van der Waals surface area contributed by atoms with Crippen LogP contribution in [0.3, 0.4) is 0 Å². The Labute approximate surface area is 141 Å². The molecular formula is C23H19N. The van der Waals surface area contributed by atoms with Crippen LogP contribution in [-0.2, 0) is 13.5 Å². The molecule has 1 heterocycles. The highest BCUT2D eigenvalue weighted by Crippen LogP contribution is 2.39. The van der Waals surface area contributed by atoms with E-state index in [4.69, 9.17) is 0 Å². The highest BCUT2D eigenvalue weighted by Gasteiger charge is 2.18. The third kappa shape index (κ3) is 1.75. The molecule has 1 nitrogen and oxygen atoms in total. The molecule has 1 aliphatic rings. The molecule has 24 heavy (non-hydrogen) atoms. The summed E-state index contributed by atoms with van der Waals surface area (Å²) < 4.78 is 2.34. The zero-order valence-corrected chi connectivity index (χ0v) is 14.0. The highest BCUT2D eigenvalue weighted by atomic mass is 14.9. The first kappa shape index (κ1) is 13.6. The SMILES string of the molecule is CC1=Cc2c(cccc2-c2cccc3c4ccccc4n(C)c23)C1. The van der Waals surface area contributed by atoms with Crippen LogP contribution in [0.5, 0.6) is 0 Å². The van der Waals surface area contributed by atoms with Crippen LogP contribution in [0.2, 0.25) is 0 Å². The molecule has 0 N–H and O–H groups in total. The fraction of sp³-hybridized carbons (Fsp3) is 0.130. The number of aryl methyl sites for hydroxylation is 1. The number of nitrogens with zero attached hydrogens (tertiary/aromatic N) is 1. The molecule has 0 bridgehead atoms. The number of allylic oxidation sites excluding steroid dienone is 1. The lowest BCUT2D eigenvalue weighted by Crippen LogP contribution is -1.92. The molecule has 0 saturated carbocycles. The van der Waals surface area contributed by atoms with Crippen LogP contribution in [0.15, 0.2) is 66.2 Å². The van der Waals surface area contributed by atoms with Gasteiger partial charge in [0.25, 0.3) is 0 Å². The molecule has 0 fully saturated rings. The predicted molar refractivity (Wildman–Crippen MR) is 103 cm³/mol. The van der Waals surface area contributed by atoms with E-state index in [0.29, 0.717) is 0 Å². The minimum absolute atomic E-state index is 1.08. The summed E-state index contributed by atoms with van der Waals surface area (Å²) in [6.45, 7) is 2.22. The lowest BCUT2D eigenvalue weighted by atomic mass is 9.95. The van der Waals surface area contributed by atoms with E-state index in [9.17, 15) is 0 Å². The third-order valence-electron chi connectivity index (χ3n) is 5.27. The second kappa shape index (κ2) is 4.85. The zero-order chi connectivity index (χ0) is 16.3. The number of para-hydroxylation sites is 2. The molecule has 4 aromatic rings. The second-order valence-electron chi connectivity index (χ2n) is 6.82. The minimum Gasteiger partial charge on any atom is -0.343 e. The fourth-order valence-corrected chi connectivity index (χ4v) is 4.22. The van der Waals surface area contributed by atoms with Gasteiger partial charge in [-0.15, -0.1) is 0 Å². The van der Waals surface area contributed by atoms with Gasteiger partial charge in [-0.05, 0) is 36.1 Å². The van der Waals surface area contributed by atoms with Crippen molar-refractivity contribution in [1.82, 2.24) is 4.57 Å². The van der Waals surface area contributed by atoms with Crippen LogP contribution in [0, 0.1) is 0 Å². The number of hydrogen-bond donors (Lipinski definition) is 0. The van der Waals surface area contributed by atoms with E-state index < -0.39 is 0 Å². The molecule has 0 amide bonds. The van der Waals surface area contributed by atoms with Crippen molar-refractivity contribution < 1.29 is 0 Å². The topological polar surface area (TPSA) is 4.93 Å². The van der Waals surface area contributed by atoms with Gasteiger partial charge in [-0.25, -0.2) is 0 Å². The monoisotopic (exact) mass is 309 g/mol. The van der Waals surface area contributed by atoms with Crippen LogP contribution in [0.1, 0.15) is 18.1 Å². The first-order valence-corrected chi connectivity index (χ1v) is 8.49. The van der Waals surface area contributed by atoms with Gasteiger partial charge in [0.2, 0.25) is 0 Å². The standard InChI is InChI=1S/C23H19N/c1-15-13-16-7-5-9-17(21(16)14-15)19-10-6-11-20-18-8-3-4-12-22(18)24(2)23(19)20/h3-12,14H,13H2,1-2H3. The quantitative estimate of drug-likeness (QED) is 0.409. The predicted octanol–water partition coefficient (Wildman–Crippen LogP) is 5.96. The van der Waals surface area contributed by atoms with Gasteiger partial charge in [0.05, 0.1) is 5.52 Å². The molecule has 1 aromatic heterocycles. The van der Waals surface area contributed by atoms with Gasteiger partial charge in [0.1, 0.15) is 0 Å². The van der Waals surface area contributed by atoms with E-state index in [2.05, 4.69) is 85.3 Å². The van der Waals surface area contributed by atoms with Gasteiger partial charge in [-0.3, -0.25) is 0 Å². The van der Waals surface area contributed by atoms with Crippen molar-refractivity contribution >= 4 is 27.9 Å². The Balaban J connectivity index is 1.92. The highest BCUT2D eigenvalue weighted by molar-refractivity contribution is 6.13. The molecule has 116 valence electrons. The van der Waals surface area contributed by atoms with Crippen LogP contribution in [0.4, 0.5) is 0 Å². The largest absolute Gasteiger partial charge is 0.343 e. The summed E-state index contributed by atoms with van der Waals surface area (Å²) in [7, 11) is 2.18. The van der Waals surface area contributed by atoms with Gasteiger partial charge in [-0.2, -0.15) is 0 Å². The van der Waals surface area contributed by atoms with Crippen molar-refractivity contribution in [2.24, 2.45) is 7.05 Å². The Kier molecular flexibility index (Phi) is 2.75. The molecule has 0 spiro atoms. The second-order valence-corrected chi connectivity index (χ2v) is 6.82. The van der Waals surface area contributed by atoms with E-state index in [1.807, 2.05) is 0 Å². The molecule has 0 saturated heterocycles. The van der Waals surface area contributed by atoms with Gasteiger partial charge < -0.3 is 4.57 Å². The van der Waals surface area contributed by atoms with E-state index in [1.165, 1.54) is 49.6 Å². The Morgan fingerprint density at radius 2 is 1.54 bits per heavy atom. The van der Waals surface area contributed by atoms with Crippen molar-refractivity contribution in [3.8, 4) is 11.1 Å². The smallest absolute Gasteiger partial charge is 0.0568 e. The van der Waals surface area contributed by atoms with Crippen molar-refractivity contribution in [1.29, 1.82) is 0 Å². The fourth-order valence-electron chi connectivity index (χ4n) is 4.22. The van der Waals surface area contributed by atoms with Crippen molar-refractivity contribution in [3.05, 3.63) is 77.4 Å². The normalized spacial score (nSPS) is 13.5. The average Bonchev–Trinajstić information content (AvgIpc) is 3.13. The first-order chi connectivity index (χ1) is 11.7. The van der Waals surface area contributed by atoms with Gasteiger partial charge in [0, 0.05) is 28.9 Å². The Bertz CT molecular complexity index is 1140. The Morgan fingerprint density at radius 1 is 0.792 bits per heavy atom. The van der Waals surface area contributed by atoms with Gasteiger partial charge in [-0.1, -0.05) is 66.2 Å². The number of rotatable bonds is 1. The van der Waals surface area contributed by atoms with Crippen LogP contribution < -0.4 is 0 Å². The number of aromatic nitrogens is 1. The molecule has 1 aliphatic carbocycles. The number of fused-ring (bicyclic) bond motifs is 4. The number of hydrogen-bond acceptors (Lipinski definition) is 0. The Morgan fingerprint density at radius 3 is 2.46 bits per heavy atom. The van der Waals surface area contributed by atoms with Crippen LogP contribution >= 0.6 is 0 Å². The summed E-state index contributed by atoms with van der Waals surface area (Å²) in [5, 5.41) is 2.66. The maximum atomic E-state index is 2.35. The van der Waals surface area contributed by atoms with Gasteiger partial charge >= 0.3 is 0 Å². The summed E-state index contributed by atoms with van der Waals surface area (Å²) in [4.78, 5) is 0. The number of benzene rings is 3. The minimum atomic E-state index is 1.08. The zero-order valence-electron chi connectivity index (χ0n) is 14.0. The molecule has 0 unspecified atom stereocenters. The summed E-state index contributed by atoms with van der Waals surface area (Å²) in [5.74, 6) is 0. The third-order valence-corrected chi connectivity index (χ3v) is 5.27.